The molecule has 0 saturated heterocycles. The minimum atomic E-state index is -6.60. The van der Waals surface area contributed by atoms with E-state index in [2.05, 4.69) is 0 Å². The highest BCUT2D eigenvalue weighted by atomic mass is 19.4. The molecular formula is C6H2F10O4. The van der Waals surface area contributed by atoms with Crippen LogP contribution in [0.3, 0.4) is 0 Å². The maximum atomic E-state index is 11.8. The van der Waals surface area contributed by atoms with Gasteiger partial charge < -0.3 is 10.2 Å². The predicted molar refractivity (Wildman–Crippen MR) is 37.3 cm³/mol. The highest BCUT2D eigenvalue weighted by Gasteiger charge is 2.76. The van der Waals surface area contributed by atoms with Crippen LogP contribution in [-0.4, -0.2) is 46.3 Å². The molecule has 0 aromatic carbocycles. The largest absolute Gasteiger partial charge is 0.490 e. The molecular weight excluding hydrogens is 326 g/mol. The van der Waals surface area contributed by atoms with Gasteiger partial charge in [0.25, 0.3) is 0 Å². The second kappa shape index (κ2) is 5.70. The molecule has 0 aromatic heterocycles. The number of carboxylic acids is 2. The fourth-order valence-corrected chi connectivity index (χ4v) is 0.312. The van der Waals surface area contributed by atoms with Crippen LogP contribution in [0.15, 0.2) is 0 Å². The maximum absolute atomic E-state index is 11.8. The quantitative estimate of drug-likeness (QED) is 0.764. The predicted octanol–water partition coefficient (Wildman–Crippen LogP) is 2.54. The van der Waals surface area contributed by atoms with Crippen molar-refractivity contribution in [2.45, 2.75) is 24.2 Å². The van der Waals surface area contributed by atoms with E-state index in [1.165, 1.54) is 0 Å². The van der Waals surface area contributed by atoms with Crippen molar-refractivity contribution in [3.8, 4) is 0 Å². The Morgan fingerprint density at radius 1 is 0.650 bits per heavy atom. The summed E-state index contributed by atoms with van der Waals surface area (Å²) in [6, 6.07) is 0. The fraction of sp³-hybridized carbons (Fsp3) is 0.667. The van der Waals surface area contributed by atoms with E-state index in [0.29, 0.717) is 0 Å². The molecule has 0 aliphatic carbocycles. The molecule has 20 heavy (non-hydrogen) atoms. The molecule has 4 nitrogen and oxygen atoms in total. The molecule has 0 radical (unpaired) electrons. The van der Waals surface area contributed by atoms with Gasteiger partial charge in [-0.05, 0) is 0 Å². The van der Waals surface area contributed by atoms with Gasteiger partial charge in [0.15, 0.2) is 0 Å². The lowest BCUT2D eigenvalue weighted by Crippen LogP contribution is -2.56. The van der Waals surface area contributed by atoms with Crippen LogP contribution in [0.4, 0.5) is 43.9 Å². The van der Waals surface area contributed by atoms with E-state index in [1.54, 1.807) is 0 Å². The number of hydrogen-bond donors (Lipinski definition) is 2. The summed E-state index contributed by atoms with van der Waals surface area (Å²) in [7, 11) is 0. The van der Waals surface area contributed by atoms with Crippen molar-refractivity contribution >= 4 is 11.9 Å². The summed E-state index contributed by atoms with van der Waals surface area (Å²) < 4.78 is 112. The Balaban J connectivity index is 0. The summed E-state index contributed by atoms with van der Waals surface area (Å²) in [5.74, 6) is -19.0. The highest BCUT2D eigenvalue weighted by Crippen LogP contribution is 2.46. The van der Waals surface area contributed by atoms with Crippen LogP contribution in [0, 0.1) is 0 Å². The average Bonchev–Trinajstić information content (AvgIpc) is 2.14. The van der Waals surface area contributed by atoms with Crippen LogP contribution >= 0.6 is 0 Å². The van der Waals surface area contributed by atoms with Crippen LogP contribution in [0.5, 0.6) is 0 Å². The third-order valence-corrected chi connectivity index (χ3v) is 1.26. The first-order valence-corrected chi connectivity index (χ1v) is 3.75. The lowest BCUT2D eigenvalue weighted by Gasteiger charge is -2.24. The van der Waals surface area contributed by atoms with Gasteiger partial charge in [-0.15, -0.1) is 0 Å². The summed E-state index contributed by atoms with van der Waals surface area (Å²) in [5.41, 5.74) is 0. The molecule has 120 valence electrons. The molecule has 0 aromatic rings. The van der Waals surface area contributed by atoms with Crippen LogP contribution in [0.1, 0.15) is 0 Å². The third-order valence-electron chi connectivity index (χ3n) is 1.26. The van der Waals surface area contributed by atoms with E-state index in [0.717, 1.165) is 0 Å². The van der Waals surface area contributed by atoms with E-state index < -0.39 is 36.1 Å². The van der Waals surface area contributed by atoms with Gasteiger partial charge in [-0.2, -0.15) is 43.9 Å². The summed E-state index contributed by atoms with van der Waals surface area (Å²) in [4.78, 5) is 18.3. The van der Waals surface area contributed by atoms with Crippen LogP contribution in [0.25, 0.3) is 0 Å². The van der Waals surface area contributed by atoms with Crippen molar-refractivity contribution in [3.05, 3.63) is 0 Å². The molecule has 0 spiro atoms. The molecule has 0 bridgehead atoms. The minimum Gasteiger partial charge on any atom is -0.477 e. The monoisotopic (exact) mass is 328 g/mol. The maximum Gasteiger partial charge on any atom is 0.490 e. The Kier molecular flexibility index (Phi) is 5.86. The van der Waals surface area contributed by atoms with Crippen molar-refractivity contribution < 1.29 is 63.7 Å². The summed E-state index contributed by atoms with van der Waals surface area (Å²) in [6.07, 6.45) is -11.7. The summed E-state index contributed by atoms with van der Waals surface area (Å²) in [5, 5.41) is 14.5. The van der Waals surface area contributed by atoms with Crippen LogP contribution < -0.4 is 0 Å². The molecule has 0 heterocycles. The number of carbonyl (C=O) groups is 2. The molecule has 0 unspecified atom stereocenters. The number of halogens is 10. The van der Waals surface area contributed by atoms with Crippen molar-refractivity contribution in [2.24, 2.45) is 0 Å². The molecule has 0 saturated carbocycles. The lowest BCUT2D eigenvalue weighted by molar-refractivity contribution is -0.347. The molecule has 0 aliphatic heterocycles. The highest BCUT2D eigenvalue weighted by molar-refractivity contribution is 5.76. The average molecular weight is 328 g/mol. The molecule has 0 rings (SSSR count). The second-order valence-electron chi connectivity index (χ2n) is 2.75. The molecule has 0 fully saturated rings. The van der Waals surface area contributed by atoms with Gasteiger partial charge in [0.05, 0.1) is 0 Å². The summed E-state index contributed by atoms with van der Waals surface area (Å²) >= 11 is 0. The van der Waals surface area contributed by atoms with Crippen molar-refractivity contribution in [3.63, 3.8) is 0 Å². The molecule has 0 aliphatic rings. The number of carboxylic acid groups (broad SMARTS) is 2. The van der Waals surface area contributed by atoms with E-state index in [-0.39, 0.29) is 0 Å². The molecule has 0 atom stereocenters. The molecule has 2 N–H and O–H groups in total. The zero-order chi connectivity index (χ0) is 17.2. The molecule has 0 amide bonds. The van der Waals surface area contributed by atoms with Crippen molar-refractivity contribution in [2.75, 3.05) is 0 Å². The first kappa shape index (κ1) is 20.6. The first-order chi connectivity index (χ1) is 8.39. The van der Waals surface area contributed by atoms with Gasteiger partial charge in [0, 0.05) is 0 Å². The SMILES string of the molecule is O=C(O)C(F)(F)C(F)(F)C(F)(F)F.O=C(O)C(F)(F)F. The smallest absolute Gasteiger partial charge is 0.477 e. The number of aliphatic carboxylic acids is 2. The Morgan fingerprint density at radius 3 is 0.950 bits per heavy atom. The molecule has 14 heteroatoms. The Morgan fingerprint density at radius 2 is 0.900 bits per heavy atom. The minimum absolute atomic E-state index is 2.76. The third kappa shape index (κ3) is 4.73. The van der Waals surface area contributed by atoms with E-state index in [1.807, 2.05) is 0 Å². The van der Waals surface area contributed by atoms with Crippen molar-refractivity contribution in [1.29, 1.82) is 0 Å². The van der Waals surface area contributed by atoms with Gasteiger partial charge in [-0.25, -0.2) is 9.59 Å². The van der Waals surface area contributed by atoms with Crippen LogP contribution in [0.2, 0.25) is 0 Å². The Labute approximate surface area is 101 Å². The van der Waals surface area contributed by atoms with Gasteiger partial charge in [0.2, 0.25) is 0 Å². The zero-order valence-corrected chi connectivity index (χ0v) is 8.49. The van der Waals surface area contributed by atoms with E-state index in [9.17, 15) is 48.7 Å². The van der Waals surface area contributed by atoms with E-state index in [4.69, 9.17) is 15.0 Å². The Bertz CT molecular complexity index is 367. The fourth-order valence-electron chi connectivity index (χ4n) is 0.312. The van der Waals surface area contributed by atoms with Gasteiger partial charge in [0.1, 0.15) is 0 Å². The first-order valence-electron chi connectivity index (χ1n) is 3.75. The standard InChI is InChI=1S/C4HF7O2.C2HF3O2/c5-2(6,1(12)13)3(7,8)4(9,10)11;3-2(4,5)1(6)7/h(H,12,13);(H,6,7). The topological polar surface area (TPSA) is 74.6 Å². The van der Waals surface area contributed by atoms with Gasteiger partial charge in [-0.3, -0.25) is 0 Å². The van der Waals surface area contributed by atoms with Crippen LogP contribution in [-0.2, 0) is 9.59 Å². The summed E-state index contributed by atoms with van der Waals surface area (Å²) in [6.45, 7) is 0. The normalized spacial score (nSPS) is 13.3. The van der Waals surface area contributed by atoms with E-state index >= 15 is 0 Å². The second-order valence-corrected chi connectivity index (χ2v) is 2.75. The van der Waals surface area contributed by atoms with Crippen molar-refractivity contribution in [1.82, 2.24) is 0 Å². The Hall–Kier alpha value is -1.76. The number of rotatable bonds is 2. The number of alkyl halides is 10. The number of hydrogen-bond acceptors (Lipinski definition) is 2. The lowest BCUT2D eigenvalue weighted by atomic mass is 10.1. The van der Waals surface area contributed by atoms with Gasteiger partial charge in [-0.1, -0.05) is 0 Å². The zero-order valence-electron chi connectivity index (χ0n) is 8.49. The van der Waals surface area contributed by atoms with Gasteiger partial charge >= 0.3 is 36.1 Å².